The van der Waals surface area contributed by atoms with Gasteiger partial charge in [-0.2, -0.15) is 0 Å². The van der Waals surface area contributed by atoms with Gasteiger partial charge in [0.2, 0.25) is 0 Å². The molecule has 5 heteroatoms. The van der Waals surface area contributed by atoms with Gasteiger partial charge in [0.05, 0.1) is 18.3 Å². The van der Waals surface area contributed by atoms with E-state index in [1.807, 2.05) is 6.92 Å². The van der Waals surface area contributed by atoms with E-state index in [-0.39, 0.29) is 18.0 Å². The van der Waals surface area contributed by atoms with Crippen molar-refractivity contribution >= 4 is 0 Å². The van der Waals surface area contributed by atoms with E-state index in [9.17, 15) is 4.39 Å². The first-order valence-electron chi connectivity index (χ1n) is 5.32. The predicted octanol–water partition coefficient (Wildman–Crippen LogP) is 1.54. The summed E-state index contributed by atoms with van der Waals surface area (Å²) in [5.74, 6) is 5.09. The monoisotopic (exact) mass is 227 g/mol. The van der Waals surface area contributed by atoms with Gasteiger partial charge < -0.3 is 4.74 Å². The molecule has 16 heavy (non-hydrogen) atoms. The topological polar surface area (TPSA) is 60.2 Å². The summed E-state index contributed by atoms with van der Waals surface area (Å²) in [4.78, 5) is 3.71. The number of hydrazine groups is 1. The van der Waals surface area contributed by atoms with Gasteiger partial charge in [0.15, 0.2) is 0 Å². The zero-order valence-electron chi connectivity index (χ0n) is 9.61. The molecule has 0 radical (unpaired) electrons. The molecule has 0 aliphatic carbocycles. The van der Waals surface area contributed by atoms with Gasteiger partial charge in [0, 0.05) is 18.9 Å². The number of methoxy groups -OCH3 is 1. The second-order valence-corrected chi connectivity index (χ2v) is 3.60. The number of pyridine rings is 1. The minimum Gasteiger partial charge on any atom is -0.379 e. The lowest BCUT2D eigenvalue weighted by Crippen LogP contribution is -2.38. The molecule has 0 aliphatic rings. The zero-order valence-corrected chi connectivity index (χ0v) is 9.61. The molecule has 1 aromatic heterocycles. The van der Waals surface area contributed by atoms with Crippen LogP contribution in [0.25, 0.3) is 0 Å². The van der Waals surface area contributed by atoms with Crippen LogP contribution in [-0.4, -0.2) is 18.2 Å². The number of nitrogens with one attached hydrogen (secondary N) is 1. The lowest BCUT2D eigenvalue weighted by atomic mass is 9.99. The van der Waals surface area contributed by atoms with Crippen molar-refractivity contribution in [3.8, 4) is 0 Å². The largest absolute Gasteiger partial charge is 0.379 e. The third-order valence-electron chi connectivity index (χ3n) is 2.57. The van der Waals surface area contributed by atoms with Crippen molar-refractivity contribution in [2.45, 2.75) is 31.9 Å². The van der Waals surface area contributed by atoms with Crippen LogP contribution in [-0.2, 0) is 4.74 Å². The maximum absolute atomic E-state index is 13.6. The zero-order chi connectivity index (χ0) is 12.0. The highest BCUT2D eigenvalue weighted by molar-refractivity contribution is 5.18. The van der Waals surface area contributed by atoms with Crippen molar-refractivity contribution in [1.82, 2.24) is 10.4 Å². The highest BCUT2D eigenvalue weighted by Crippen LogP contribution is 2.23. The van der Waals surface area contributed by atoms with Crippen LogP contribution in [0, 0.1) is 5.82 Å². The lowest BCUT2D eigenvalue weighted by Gasteiger charge is -2.25. The molecule has 0 aromatic carbocycles. The van der Waals surface area contributed by atoms with E-state index in [0.717, 1.165) is 12.8 Å². The summed E-state index contributed by atoms with van der Waals surface area (Å²) in [6.07, 6.45) is 4.34. The first-order valence-corrected chi connectivity index (χ1v) is 5.32. The van der Waals surface area contributed by atoms with Gasteiger partial charge >= 0.3 is 0 Å². The summed E-state index contributed by atoms with van der Waals surface area (Å²) in [6.45, 7) is 2.04. The van der Waals surface area contributed by atoms with E-state index in [0.29, 0.717) is 5.56 Å². The Kier molecular flexibility index (Phi) is 5.31. The van der Waals surface area contributed by atoms with E-state index < -0.39 is 0 Å². The molecule has 2 atom stereocenters. The smallest absolute Gasteiger partial charge is 0.146 e. The molecule has 1 rings (SSSR count). The quantitative estimate of drug-likeness (QED) is 0.571. The van der Waals surface area contributed by atoms with Crippen molar-refractivity contribution in [3.63, 3.8) is 0 Å². The second-order valence-electron chi connectivity index (χ2n) is 3.60. The van der Waals surface area contributed by atoms with Crippen LogP contribution in [0.4, 0.5) is 4.39 Å². The highest BCUT2D eigenvalue weighted by atomic mass is 19.1. The third-order valence-corrected chi connectivity index (χ3v) is 2.57. The fourth-order valence-corrected chi connectivity index (χ4v) is 1.74. The van der Waals surface area contributed by atoms with Crippen LogP contribution >= 0.6 is 0 Å². The molecule has 0 amide bonds. The molecule has 0 saturated heterocycles. The third kappa shape index (κ3) is 2.98. The Hall–Kier alpha value is -1.04. The number of hydrogen-bond donors (Lipinski definition) is 2. The standard InChI is InChI=1S/C11H18FN3O/c1-3-4-10(16-2)11(15-13)8-5-6-14-7-9(8)12/h5-7,10-11,15H,3-4,13H2,1-2H3. The summed E-state index contributed by atoms with van der Waals surface area (Å²) in [5.41, 5.74) is 3.09. The van der Waals surface area contributed by atoms with Crippen LogP contribution in [0.2, 0.25) is 0 Å². The Bertz CT molecular complexity index is 322. The second kappa shape index (κ2) is 6.52. The average Bonchev–Trinajstić information content (AvgIpc) is 2.31. The van der Waals surface area contributed by atoms with Gasteiger partial charge in [-0.25, -0.2) is 4.39 Å². The molecule has 0 bridgehead atoms. The van der Waals surface area contributed by atoms with E-state index in [4.69, 9.17) is 10.6 Å². The number of nitrogens with zero attached hydrogens (tertiary/aromatic N) is 1. The molecular formula is C11H18FN3O. The van der Waals surface area contributed by atoms with Gasteiger partial charge in [-0.3, -0.25) is 16.3 Å². The average molecular weight is 227 g/mol. The summed E-state index contributed by atoms with van der Waals surface area (Å²) in [6, 6.07) is 1.26. The van der Waals surface area contributed by atoms with Crippen molar-refractivity contribution in [1.29, 1.82) is 0 Å². The minimum absolute atomic E-state index is 0.146. The van der Waals surface area contributed by atoms with Gasteiger partial charge in [-0.05, 0) is 12.5 Å². The highest BCUT2D eigenvalue weighted by Gasteiger charge is 2.23. The van der Waals surface area contributed by atoms with E-state index in [1.165, 1.54) is 6.20 Å². The Labute approximate surface area is 95.0 Å². The maximum atomic E-state index is 13.6. The Balaban J connectivity index is 2.92. The van der Waals surface area contributed by atoms with Gasteiger partial charge in [0.1, 0.15) is 5.82 Å². The minimum atomic E-state index is -0.372. The van der Waals surface area contributed by atoms with Crippen molar-refractivity contribution in [2.75, 3.05) is 7.11 Å². The summed E-state index contributed by atoms with van der Waals surface area (Å²) in [5, 5.41) is 0. The first kappa shape index (κ1) is 13.0. The predicted molar refractivity (Wildman–Crippen MR) is 60.0 cm³/mol. The van der Waals surface area contributed by atoms with Crippen molar-refractivity contribution in [2.24, 2.45) is 5.84 Å². The maximum Gasteiger partial charge on any atom is 0.146 e. The number of ether oxygens (including phenoxy) is 1. The molecule has 0 fully saturated rings. The number of hydrogen-bond acceptors (Lipinski definition) is 4. The number of nitrogens with two attached hydrogens (primary N) is 1. The van der Waals surface area contributed by atoms with E-state index >= 15 is 0 Å². The van der Waals surface area contributed by atoms with Gasteiger partial charge in [-0.15, -0.1) is 0 Å². The molecule has 0 spiro atoms. The van der Waals surface area contributed by atoms with Crippen LogP contribution in [0.1, 0.15) is 31.4 Å². The number of rotatable bonds is 6. The molecule has 90 valence electrons. The molecule has 0 saturated carbocycles. The van der Waals surface area contributed by atoms with E-state index in [1.54, 1.807) is 19.4 Å². The van der Waals surface area contributed by atoms with Crippen molar-refractivity contribution < 1.29 is 9.13 Å². The fraction of sp³-hybridized carbons (Fsp3) is 0.545. The Morgan fingerprint density at radius 2 is 2.38 bits per heavy atom. The van der Waals surface area contributed by atoms with E-state index in [2.05, 4.69) is 10.4 Å². The summed E-state index contributed by atoms with van der Waals surface area (Å²) in [7, 11) is 1.60. The molecule has 4 nitrogen and oxygen atoms in total. The Morgan fingerprint density at radius 3 is 2.88 bits per heavy atom. The molecule has 0 aliphatic heterocycles. The van der Waals surface area contributed by atoms with Crippen molar-refractivity contribution in [3.05, 3.63) is 29.8 Å². The summed E-state index contributed by atoms with van der Waals surface area (Å²) < 4.78 is 18.9. The molecule has 3 N–H and O–H groups in total. The SMILES string of the molecule is CCCC(OC)C(NN)c1ccncc1F. The fourth-order valence-electron chi connectivity index (χ4n) is 1.74. The molecule has 1 aromatic rings. The van der Waals surface area contributed by atoms with Gasteiger partial charge in [-0.1, -0.05) is 13.3 Å². The van der Waals surface area contributed by atoms with Crippen LogP contribution in [0.3, 0.4) is 0 Å². The molecular weight excluding hydrogens is 209 g/mol. The molecule has 2 unspecified atom stereocenters. The van der Waals surface area contributed by atoms with Crippen LogP contribution in [0.5, 0.6) is 0 Å². The van der Waals surface area contributed by atoms with Crippen LogP contribution in [0.15, 0.2) is 18.5 Å². The normalized spacial score (nSPS) is 14.8. The number of halogens is 1. The van der Waals surface area contributed by atoms with Crippen LogP contribution < -0.4 is 11.3 Å². The summed E-state index contributed by atoms with van der Waals surface area (Å²) >= 11 is 0. The molecule has 1 heterocycles. The number of aromatic nitrogens is 1. The Morgan fingerprint density at radius 1 is 1.62 bits per heavy atom. The van der Waals surface area contributed by atoms with Gasteiger partial charge in [0.25, 0.3) is 0 Å². The first-order chi connectivity index (χ1) is 7.74. The lowest BCUT2D eigenvalue weighted by molar-refractivity contribution is 0.0594.